The maximum atomic E-state index is 11.9. The molecular formula is C15H13N3OS. The molecule has 0 saturated heterocycles. The second kappa shape index (κ2) is 5.88. The molecule has 5 heteroatoms. The number of thioether (sulfide) groups is 1. The topological polar surface area (TPSA) is 58.6 Å². The Kier molecular flexibility index (Phi) is 3.78. The van der Waals surface area contributed by atoms with Crippen molar-refractivity contribution in [3.05, 3.63) is 54.6 Å². The van der Waals surface area contributed by atoms with E-state index in [1.165, 1.54) is 11.8 Å². The van der Waals surface area contributed by atoms with Gasteiger partial charge in [-0.05, 0) is 0 Å². The van der Waals surface area contributed by atoms with Gasteiger partial charge in [-0.25, -0.2) is 4.98 Å². The van der Waals surface area contributed by atoms with Crippen LogP contribution in [-0.4, -0.2) is 26.7 Å². The fraction of sp³-hybridized carbons (Fsp3) is 0.133. The first kappa shape index (κ1) is 12.9. The third kappa shape index (κ3) is 2.88. The average Bonchev–Trinajstić information content (AvgIpc) is 3.17. The Hall–Kier alpha value is -2.14. The molecule has 3 rings (SSSR count). The summed E-state index contributed by atoms with van der Waals surface area (Å²) < 4.78 is 0. The van der Waals surface area contributed by atoms with Gasteiger partial charge in [0.1, 0.15) is 0 Å². The number of benzene rings is 1. The van der Waals surface area contributed by atoms with Crippen LogP contribution in [-0.2, 0) is 4.79 Å². The van der Waals surface area contributed by atoms with E-state index in [9.17, 15) is 4.79 Å². The van der Waals surface area contributed by atoms with Gasteiger partial charge in [-0.3, -0.25) is 9.89 Å². The maximum Gasteiger partial charge on any atom is 0.209 e. The molecule has 0 aliphatic heterocycles. The molecule has 1 N–H and O–H groups in total. The van der Waals surface area contributed by atoms with Crippen molar-refractivity contribution in [2.75, 3.05) is 5.75 Å². The molecule has 0 spiro atoms. The number of rotatable bonds is 5. The molecular weight excluding hydrogens is 270 g/mol. The van der Waals surface area contributed by atoms with E-state index in [1.807, 2.05) is 54.6 Å². The molecule has 0 atom stereocenters. The molecule has 0 bridgehead atoms. The number of ketones is 1. The van der Waals surface area contributed by atoms with E-state index in [-0.39, 0.29) is 11.7 Å². The first-order valence-electron chi connectivity index (χ1n) is 6.31. The number of carbonyl (C=O) groups excluding carboxylic acids is 1. The third-order valence-electron chi connectivity index (χ3n) is 2.98. The quantitative estimate of drug-likeness (QED) is 0.857. The van der Waals surface area contributed by atoms with Crippen molar-refractivity contribution in [1.82, 2.24) is 15.2 Å². The van der Waals surface area contributed by atoms with Gasteiger partial charge in [0, 0.05) is 5.56 Å². The highest BCUT2D eigenvalue weighted by Gasteiger charge is 2.15. The van der Waals surface area contributed by atoms with Gasteiger partial charge in [0.15, 0.2) is 11.6 Å². The van der Waals surface area contributed by atoms with E-state index in [0.29, 0.717) is 10.9 Å². The van der Waals surface area contributed by atoms with Crippen molar-refractivity contribution in [3.8, 4) is 11.4 Å². The second-order valence-electron chi connectivity index (χ2n) is 4.38. The van der Waals surface area contributed by atoms with Gasteiger partial charge in [-0.15, -0.1) is 5.10 Å². The number of nitrogens with zero attached hydrogens (tertiary/aromatic N) is 2. The number of nitrogens with one attached hydrogen (secondary N) is 1. The summed E-state index contributed by atoms with van der Waals surface area (Å²) in [7, 11) is 0. The van der Waals surface area contributed by atoms with Crippen LogP contribution in [0.25, 0.3) is 11.4 Å². The van der Waals surface area contributed by atoms with Crippen molar-refractivity contribution < 1.29 is 4.79 Å². The normalized spacial score (nSPS) is 14.0. The van der Waals surface area contributed by atoms with Crippen molar-refractivity contribution in [2.24, 2.45) is 5.92 Å². The molecule has 1 aromatic carbocycles. The number of hydrogen-bond acceptors (Lipinski definition) is 4. The molecule has 0 amide bonds. The van der Waals surface area contributed by atoms with E-state index < -0.39 is 0 Å². The molecule has 0 fully saturated rings. The maximum absolute atomic E-state index is 11.9. The summed E-state index contributed by atoms with van der Waals surface area (Å²) >= 11 is 1.36. The number of allylic oxidation sites excluding steroid dienone is 4. The highest BCUT2D eigenvalue weighted by atomic mass is 32.2. The smallest absolute Gasteiger partial charge is 0.209 e. The van der Waals surface area contributed by atoms with Crippen LogP contribution in [0.3, 0.4) is 0 Å². The summed E-state index contributed by atoms with van der Waals surface area (Å²) in [6, 6.07) is 9.79. The van der Waals surface area contributed by atoms with Crippen LogP contribution in [0.1, 0.15) is 0 Å². The number of carbonyl (C=O) groups is 1. The van der Waals surface area contributed by atoms with Crippen LogP contribution in [0.4, 0.5) is 0 Å². The molecule has 20 heavy (non-hydrogen) atoms. The number of H-pyrrole nitrogens is 1. The summed E-state index contributed by atoms with van der Waals surface area (Å²) in [6.07, 6.45) is 7.59. The first-order valence-corrected chi connectivity index (χ1v) is 7.30. The predicted octanol–water partition coefficient (Wildman–Crippen LogP) is 2.88. The molecule has 1 aromatic heterocycles. The Morgan fingerprint density at radius 3 is 2.70 bits per heavy atom. The van der Waals surface area contributed by atoms with Crippen LogP contribution < -0.4 is 0 Å². The lowest BCUT2D eigenvalue weighted by Crippen LogP contribution is -2.10. The molecule has 0 saturated carbocycles. The van der Waals surface area contributed by atoms with Gasteiger partial charge in [0.25, 0.3) is 0 Å². The van der Waals surface area contributed by atoms with Gasteiger partial charge >= 0.3 is 0 Å². The average molecular weight is 283 g/mol. The first-order chi connectivity index (χ1) is 9.83. The lowest BCUT2D eigenvalue weighted by atomic mass is 10.1. The molecule has 1 aliphatic rings. The Bertz CT molecular complexity index is 649. The van der Waals surface area contributed by atoms with E-state index in [4.69, 9.17) is 0 Å². The molecule has 4 nitrogen and oxygen atoms in total. The van der Waals surface area contributed by atoms with Crippen molar-refractivity contribution in [3.63, 3.8) is 0 Å². The predicted molar refractivity (Wildman–Crippen MR) is 79.3 cm³/mol. The molecule has 0 radical (unpaired) electrons. The molecule has 1 heterocycles. The number of Topliss-reactive ketones (excluding diaryl/α,β-unsaturated/α-hetero) is 1. The van der Waals surface area contributed by atoms with Crippen LogP contribution >= 0.6 is 11.8 Å². The fourth-order valence-electron chi connectivity index (χ4n) is 1.91. The fourth-order valence-corrected chi connectivity index (χ4v) is 2.64. The van der Waals surface area contributed by atoms with E-state index in [2.05, 4.69) is 15.2 Å². The van der Waals surface area contributed by atoms with E-state index in [1.54, 1.807) is 0 Å². The minimum absolute atomic E-state index is 0.0879. The Labute approximate surface area is 121 Å². The highest BCUT2D eigenvalue weighted by molar-refractivity contribution is 7.99. The van der Waals surface area contributed by atoms with Gasteiger partial charge in [-0.1, -0.05) is 66.4 Å². The van der Waals surface area contributed by atoms with Crippen molar-refractivity contribution in [1.29, 1.82) is 0 Å². The van der Waals surface area contributed by atoms with Crippen LogP contribution in [0.5, 0.6) is 0 Å². The van der Waals surface area contributed by atoms with Crippen LogP contribution in [0.15, 0.2) is 59.8 Å². The summed E-state index contributed by atoms with van der Waals surface area (Å²) in [6.45, 7) is 0. The molecule has 2 aromatic rings. The van der Waals surface area contributed by atoms with Crippen LogP contribution in [0, 0.1) is 5.92 Å². The minimum Gasteiger partial charge on any atom is -0.298 e. The standard InChI is InChI=1S/C15H13N3OS/c19-13(11-6-4-5-7-11)10-20-15-16-14(17-18-15)12-8-2-1-3-9-12/h1-9,11H,10H2,(H,16,17,18). The zero-order valence-corrected chi connectivity index (χ0v) is 11.5. The largest absolute Gasteiger partial charge is 0.298 e. The minimum atomic E-state index is -0.0879. The number of aromatic amines is 1. The molecule has 0 unspecified atom stereocenters. The summed E-state index contributed by atoms with van der Waals surface area (Å²) in [4.78, 5) is 16.3. The summed E-state index contributed by atoms with van der Waals surface area (Å²) in [5.74, 6) is 1.19. The monoisotopic (exact) mass is 283 g/mol. The van der Waals surface area contributed by atoms with Gasteiger partial charge < -0.3 is 0 Å². The highest BCUT2D eigenvalue weighted by Crippen LogP contribution is 2.20. The number of hydrogen-bond donors (Lipinski definition) is 1. The zero-order chi connectivity index (χ0) is 13.8. The van der Waals surface area contributed by atoms with Crippen LogP contribution in [0.2, 0.25) is 0 Å². The van der Waals surface area contributed by atoms with E-state index >= 15 is 0 Å². The van der Waals surface area contributed by atoms with Gasteiger partial charge in [0.05, 0.1) is 11.7 Å². The molecule has 1 aliphatic carbocycles. The lowest BCUT2D eigenvalue weighted by Gasteiger charge is -2.01. The van der Waals surface area contributed by atoms with Crippen molar-refractivity contribution in [2.45, 2.75) is 5.16 Å². The summed E-state index contributed by atoms with van der Waals surface area (Å²) in [5.41, 5.74) is 0.986. The molecule has 100 valence electrons. The second-order valence-corrected chi connectivity index (χ2v) is 5.33. The van der Waals surface area contributed by atoms with Gasteiger partial charge in [0.2, 0.25) is 5.16 Å². The Balaban J connectivity index is 1.62. The lowest BCUT2D eigenvalue weighted by molar-refractivity contribution is -0.117. The third-order valence-corrected chi connectivity index (χ3v) is 3.85. The van der Waals surface area contributed by atoms with E-state index in [0.717, 1.165) is 11.4 Å². The Morgan fingerprint density at radius 2 is 1.95 bits per heavy atom. The Morgan fingerprint density at radius 1 is 1.20 bits per heavy atom. The van der Waals surface area contributed by atoms with Gasteiger partial charge in [-0.2, -0.15) is 0 Å². The number of aromatic nitrogens is 3. The SMILES string of the molecule is O=C(CSc1n[nH]c(-c2ccccc2)n1)C1C=CC=C1. The zero-order valence-electron chi connectivity index (χ0n) is 10.7. The summed E-state index contributed by atoms with van der Waals surface area (Å²) in [5, 5.41) is 7.62. The van der Waals surface area contributed by atoms with Crippen molar-refractivity contribution >= 4 is 17.5 Å².